The van der Waals surface area contributed by atoms with Crippen molar-refractivity contribution in [1.82, 2.24) is 9.73 Å². The molecule has 134 valence electrons. The zero-order valence-electron chi connectivity index (χ0n) is 13.7. The van der Waals surface area contributed by atoms with Crippen molar-refractivity contribution < 1.29 is 22.7 Å². The lowest BCUT2D eigenvalue weighted by molar-refractivity contribution is 0.0679. The summed E-state index contributed by atoms with van der Waals surface area (Å²) in [6.07, 6.45) is 1.16. The quantitative estimate of drug-likeness (QED) is 0.466. The zero-order valence-corrected chi connectivity index (χ0v) is 14.6. The van der Waals surface area contributed by atoms with Gasteiger partial charge >= 0.3 is 0 Å². The van der Waals surface area contributed by atoms with E-state index < -0.39 is 21.8 Å². The minimum Gasteiger partial charge on any atom is -0.497 e. The number of fused-ring (bicyclic) bond motifs is 1. The molecular weight excluding hydrogens is 358 g/mol. The minimum atomic E-state index is -3.85. The van der Waals surface area contributed by atoms with Gasteiger partial charge < -0.3 is 4.74 Å². The van der Waals surface area contributed by atoms with Gasteiger partial charge in [-0.1, -0.05) is 12.1 Å². The van der Waals surface area contributed by atoms with Crippen LogP contribution in [0, 0.1) is 0 Å². The number of carbonyl (C=O) groups is 2. The first kappa shape index (κ1) is 17.6. The molecule has 0 fully saturated rings. The van der Waals surface area contributed by atoms with Crippen molar-refractivity contribution in [3.8, 4) is 5.75 Å². The lowest BCUT2D eigenvalue weighted by Gasteiger charge is -2.10. The van der Waals surface area contributed by atoms with E-state index in [0.29, 0.717) is 16.9 Å². The number of hydrogen-bond acceptors (Lipinski definition) is 6. The number of hydrazone groups is 1. The average Bonchev–Trinajstić information content (AvgIpc) is 2.90. The van der Waals surface area contributed by atoms with E-state index in [1.54, 1.807) is 24.3 Å². The number of amides is 2. The summed E-state index contributed by atoms with van der Waals surface area (Å²) in [6, 6.07) is 12.3. The molecule has 0 spiro atoms. The molecule has 2 amide bonds. The number of nitrogens with zero attached hydrogens (tertiary/aromatic N) is 2. The maximum absolute atomic E-state index is 12.2. The van der Waals surface area contributed by atoms with Crippen LogP contribution in [0.3, 0.4) is 0 Å². The molecule has 0 aliphatic carbocycles. The number of nitrogens with one attached hydrogen (secondary N) is 1. The van der Waals surface area contributed by atoms with Crippen molar-refractivity contribution in [3.63, 3.8) is 0 Å². The van der Waals surface area contributed by atoms with Crippen molar-refractivity contribution in [2.45, 2.75) is 4.90 Å². The van der Waals surface area contributed by atoms with Crippen LogP contribution in [0.15, 0.2) is 58.5 Å². The zero-order chi connectivity index (χ0) is 18.7. The summed E-state index contributed by atoms with van der Waals surface area (Å²) >= 11 is 0. The van der Waals surface area contributed by atoms with Crippen LogP contribution in [-0.2, 0) is 10.0 Å². The highest BCUT2D eigenvalue weighted by Gasteiger charge is 2.34. The lowest BCUT2D eigenvalue weighted by Crippen LogP contribution is -2.32. The summed E-state index contributed by atoms with van der Waals surface area (Å²) in [5, 5.41) is 3.62. The Morgan fingerprint density at radius 1 is 1.04 bits per heavy atom. The van der Waals surface area contributed by atoms with Crippen LogP contribution >= 0.6 is 0 Å². The molecule has 0 unspecified atom stereocenters. The van der Waals surface area contributed by atoms with E-state index >= 15 is 0 Å². The second-order valence-corrected chi connectivity index (χ2v) is 7.01. The van der Waals surface area contributed by atoms with Gasteiger partial charge in [-0.05, 0) is 36.4 Å². The van der Waals surface area contributed by atoms with Gasteiger partial charge in [-0.15, -0.1) is 0 Å². The van der Waals surface area contributed by atoms with Crippen LogP contribution in [0.5, 0.6) is 5.75 Å². The Bertz CT molecular complexity index is 949. The number of benzene rings is 2. The number of sulfonamides is 1. The third kappa shape index (κ3) is 3.29. The van der Waals surface area contributed by atoms with E-state index in [-0.39, 0.29) is 11.4 Å². The molecule has 1 heterocycles. The van der Waals surface area contributed by atoms with E-state index in [1.165, 1.54) is 31.4 Å². The van der Waals surface area contributed by atoms with E-state index in [0.717, 1.165) is 11.1 Å². The first-order valence-electron chi connectivity index (χ1n) is 7.56. The Morgan fingerprint density at radius 2 is 1.62 bits per heavy atom. The molecule has 0 radical (unpaired) electrons. The first-order valence-corrected chi connectivity index (χ1v) is 9.05. The van der Waals surface area contributed by atoms with Gasteiger partial charge in [-0.2, -0.15) is 13.5 Å². The second-order valence-electron chi connectivity index (χ2n) is 5.35. The predicted molar refractivity (Wildman–Crippen MR) is 93.6 cm³/mol. The number of ether oxygens (including phenoxy) is 1. The first-order chi connectivity index (χ1) is 12.4. The Morgan fingerprint density at radius 3 is 2.15 bits per heavy atom. The van der Waals surface area contributed by atoms with Crippen LogP contribution in [0.25, 0.3) is 0 Å². The molecule has 1 aliphatic rings. The number of carbonyl (C=O) groups excluding carboxylic acids is 2. The minimum absolute atomic E-state index is 0.0104. The normalized spacial score (nSPS) is 14.0. The third-order valence-corrected chi connectivity index (χ3v) is 5.01. The number of hydrogen-bond donors (Lipinski definition) is 1. The van der Waals surface area contributed by atoms with Gasteiger partial charge in [0.05, 0.1) is 29.7 Å². The molecule has 2 aromatic rings. The maximum atomic E-state index is 12.2. The number of methoxy groups -OCH3 is 1. The van der Waals surface area contributed by atoms with Crippen molar-refractivity contribution >= 4 is 28.1 Å². The highest BCUT2D eigenvalue weighted by atomic mass is 32.2. The van der Waals surface area contributed by atoms with Gasteiger partial charge in [0, 0.05) is 6.21 Å². The Kier molecular flexibility index (Phi) is 4.72. The van der Waals surface area contributed by atoms with E-state index in [2.05, 4.69) is 5.10 Å². The van der Waals surface area contributed by atoms with Crippen LogP contribution in [-0.4, -0.2) is 45.0 Å². The average molecular weight is 373 g/mol. The molecular formula is C17H15N3O5S. The highest BCUT2D eigenvalue weighted by Crippen LogP contribution is 2.21. The van der Waals surface area contributed by atoms with Crippen LogP contribution in [0.1, 0.15) is 20.7 Å². The third-order valence-electron chi connectivity index (χ3n) is 3.78. The Labute approximate surface area is 150 Å². The maximum Gasteiger partial charge on any atom is 0.276 e. The topological polar surface area (TPSA) is 105 Å². The summed E-state index contributed by atoms with van der Waals surface area (Å²) in [4.78, 5) is 27.4. The van der Waals surface area contributed by atoms with E-state index in [1.807, 2.05) is 4.83 Å². The fourth-order valence-corrected chi connectivity index (χ4v) is 3.25. The van der Waals surface area contributed by atoms with Crippen molar-refractivity contribution in [1.29, 1.82) is 0 Å². The van der Waals surface area contributed by atoms with Crippen molar-refractivity contribution in [3.05, 3.63) is 59.7 Å². The monoisotopic (exact) mass is 373 g/mol. The molecule has 9 heteroatoms. The highest BCUT2D eigenvalue weighted by molar-refractivity contribution is 7.89. The standard InChI is InChI=1S/C17H15N3O5S/c1-25-12-6-8-13(9-7-12)26(23,24)19-18-10-11-20-16(21)14-4-2-3-5-15(14)17(20)22/h2-10,19H,11H2,1H3/b18-10+. The summed E-state index contributed by atoms with van der Waals surface area (Å²) in [6.45, 7) is -0.141. The van der Waals surface area contributed by atoms with Gasteiger partial charge in [0.2, 0.25) is 0 Å². The molecule has 1 N–H and O–H groups in total. The fraction of sp³-hybridized carbons (Fsp3) is 0.118. The van der Waals surface area contributed by atoms with Gasteiger partial charge in [0.1, 0.15) is 5.75 Å². The van der Waals surface area contributed by atoms with E-state index in [9.17, 15) is 18.0 Å². The smallest absolute Gasteiger partial charge is 0.276 e. The molecule has 2 aromatic carbocycles. The van der Waals surface area contributed by atoms with Crippen molar-refractivity contribution in [2.75, 3.05) is 13.7 Å². The van der Waals surface area contributed by atoms with Crippen molar-refractivity contribution in [2.24, 2.45) is 5.10 Å². The predicted octanol–water partition coefficient (Wildman–Crippen LogP) is 1.26. The van der Waals surface area contributed by atoms with Gasteiger partial charge in [0.15, 0.2) is 0 Å². The molecule has 0 aromatic heterocycles. The SMILES string of the molecule is COc1ccc(S(=O)(=O)N/N=C/CN2C(=O)c3ccccc3C2=O)cc1. The van der Waals surface area contributed by atoms with Crippen LogP contribution < -0.4 is 9.57 Å². The molecule has 0 atom stereocenters. The molecule has 1 aliphatic heterocycles. The van der Waals surface area contributed by atoms with E-state index in [4.69, 9.17) is 4.74 Å². The second kappa shape index (κ2) is 6.96. The Hall–Kier alpha value is -3.20. The molecule has 0 saturated heterocycles. The molecule has 3 rings (SSSR count). The largest absolute Gasteiger partial charge is 0.497 e. The molecule has 0 bridgehead atoms. The Balaban J connectivity index is 1.64. The van der Waals surface area contributed by atoms with Crippen LogP contribution in [0.2, 0.25) is 0 Å². The lowest BCUT2D eigenvalue weighted by atomic mass is 10.1. The summed E-state index contributed by atoms with van der Waals surface area (Å²) in [7, 11) is -2.38. The van der Waals surface area contributed by atoms with Gasteiger partial charge in [-0.3, -0.25) is 14.5 Å². The summed E-state index contributed by atoms with van der Waals surface area (Å²) in [5.41, 5.74) is 0.648. The number of rotatable bonds is 6. The number of imide groups is 1. The fourth-order valence-electron chi connectivity index (χ4n) is 2.44. The molecule has 0 saturated carbocycles. The van der Waals surface area contributed by atoms with Gasteiger partial charge in [-0.25, -0.2) is 4.83 Å². The summed E-state index contributed by atoms with van der Waals surface area (Å²) < 4.78 is 29.2. The molecule has 8 nitrogen and oxygen atoms in total. The van der Waals surface area contributed by atoms with Crippen LogP contribution in [0.4, 0.5) is 0 Å². The molecule has 26 heavy (non-hydrogen) atoms. The van der Waals surface area contributed by atoms with Gasteiger partial charge in [0.25, 0.3) is 21.8 Å². The summed E-state index contributed by atoms with van der Waals surface area (Å²) in [5.74, 6) is -0.344.